The van der Waals surface area contributed by atoms with Crippen molar-refractivity contribution in [2.45, 2.75) is 19.3 Å². The largest absolute Gasteiger partial charge is 0.370 e. The molecule has 0 saturated heterocycles. The second-order valence-corrected chi connectivity index (χ2v) is 2.24. The molecule has 0 fully saturated rings. The van der Waals surface area contributed by atoms with Crippen LogP contribution in [-0.4, -0.2) is 41.5 Å². The summed E-state index contributed by atoms with van der Waals surface area (Å²) in [6.45, 7) is 1.57. The summed E-state index contributed by atoms with van der Waals surface area (Å²) in [4.78, 5) is 13.3. The molecule has 0 heterocycles. The minimum Gasteiger partial charge on any atom is -0.370 e. The van der Waals surface area contributed by atoms with Crippen LogP contribution in [0, 0.1) is 0 Å². The minimum atomic E-state index is -2.02. The normalized spacial score (nSPS) is 12.3. The fraction of sp³-hybridized carbons (Fsp3) is 0.833. The molecule has 0 aliphatic rings. The lowest BCUT2D eigenvalue weighted by Gasteiger charge is -2.11. The second kappa shape index (κ2) is 6.38. The Morgan fingerprint density at radius 3 is 2.77 bits per heavy atom. The number of rotatable bonds is 6. The molecule has 2 N–H and O–H groups in total. The molecular weight excluding hydrogens is 178 g/mol. The van der Waals surface area contributed by atoms with Crippen molar-refractivity contribution in [3.63, 3.8) is 0 Å². The Morgan fingerprint density at radius 2 is 2.31 bits per heavy atom. The molecule has 0 saturated carbocycles. The summed E-state index contributed by atoms with van der Waals surface area (Å²) in [5.74, 6) is -0.819. The zero-order valence-electron chi connectivity index (χ0n) is 7.12. The smallest absolute Gasteiger partial charge is 0.216 e. The van der Waals surface area contributed by atoms with Crippen LogP contribution in [0.3, 0.4) is 0 Å². The van der Waals surface area contributed by atoms with Crippen LogP contribution in [0.1, 0.15) is 6.92 Å². The van der Waals surface area contributed by atoms with Gasteiger partial charge in [0, 0.05) is 11.5 Å². The Labute approximate surface area is 74.6 Å². The quantitative estimate of drug-likeness (QED) is 0.194. The molecule has 7 nitrogen and oxygen atoms in total. The highest BCUT2D eigenvalue weighted by molar-refractivity contribution is 5.85. The van der Waals surface area contributed by atoms with Crippen LogP contribution < -0.4 is 0 Å². The molecule has 1 unspecified atom stereocenters. The SMILES string of the molecule is CC(OCCN=[N+]=[N-])C(=O)C(O)O. The Hall–Kier alpha value is -1.14. The van der Waals surface area contributed by atoms with Gasteiger partial charge in [0.2, 0.25) is 12.1 Å². The van der Waals surface area contributed by atoms with Gasteiger partial charge in [-0.15, -0.1) is 0 Å². The summed E-state index contributed by atoms with van der Waals surface area (Å²) in [5, 5.41) is 20.0. The lowest BCUT2D eigenvalue weighted by atomic mass is 10.2. The van der Waals surface area contributed by atoms with E-state index in [1.807, 2.05) is 0 Å². The van der Waals surface area contributed by atoms with E-state index in [9.17, 15) is 4.79 Å². The molecule has 0 spiro atoms. The maximum atomic E-state index is 10.8. The third-order valence-corrected chi connectivity index (χ3v) is 1.28. The molecule has 0 amide bonds. The van der Waals surface area contributed by atoms with E-state index in [2.05, 4.69) is 10.0 Å². The van der Waals surface area contributed by atoms with E-state index in [0.717, 1.165) is 0 Å². The number of Topliss-reactive ketones (excluding diaryl/α,β-unsaturated/α-hetero) is 1. The molecule has 0 radical (unpaired) electrons. The molecule has 74 valence electrons. The first-order valence-corrected chi connectivity index (χ1v) is 3.62. The van der Waals surface area contributed by atoms with E-state index in [-0.39, 0.29) is 13.2 Å². The van der Waals surface area contributed by atoms with Crippen molar-refractivity contribution in [2.24, 2.45) is 5.11 Å². The first-order valence-electron chi connectivity index (χ1n) is 3.62. The third kappa shape index (κ3) is 5.15. The highest BCUT2D eigenvalue weighted by atomic mass is 16.5. The Balaban J connectivity index is 3.67. The summed E-state index contributed by atoms with van der Waals surface area (Å²) in [6.07, 6.45) is -2.93. The predicted molar refractivity (Wildman–Crippen MR) is 42.7 cm³/mol. The van der Waals surface area contributed by atoms with Gasteiger partial charge >= 0.3 is 0 Å². The van der Waals surface area contributed by atoms with Crippen LogP contribution >= 0.6 is 0 Å². The summed E-state index contributed by atoms with van der Waals surface area (Å²) < 4.78 is 4.83. The molecule has 0 rings (SSSR count). The lowest BCUT2D eigenvalue weighted by molar-refractivity contribution is -0.155. The summed E-state index contributed by atoms with van der Waals surface area (Å²) in [5.41, 5.74) is 7.88. The third-order valence-electron chi connectivity index (χ3n) is 1.28. The Kier molecular flexibility index (Phi) is 5.82. The van der Waals surface area contributed by atoms with Crippen LogP contribution in [-0.2, 0) is 9.53 Å². The Morgan fingerprint density at radius 1 is 1.69 bits per heavy atom. The fourth-order valence-electron chi connectivity index (χ4n) is 0.607. The number of nitrogens with zero attached hydrogens (tertiary/aromatic N) is 3. The molecule has 0 aromatic carbocycles. The molecule has 0 aromatic rings. The van der Waals surface area contributed by atoms with E-state index in [1.54, 1.807) is 0 Å². The molecular formula is C6H11N3O4. The monoisotopic (exact) mass is 189 g/mol. The average molecular weight is 189 g/mol. The van der Waals surface area contributed by atoms with E-state index < -0.39 is 18.2 Å². The Bertz CT molecular complexity index is 212. The molecule has 13 heavy (non-hydrogen) atoms. The van der Waals surface area contributed by atoms with Crippen LogP contribution in [0.25, 0.3) is 10.4 Å². The van der Waals surface area contributed by atoms with Gasteiger partial charge in [-0.1, -0.05) is 5.11 Å². The van der Waals surface area contributed by atoms with Crippen molar-refractivity contribution >= 4 is 5.78 Å². The average Bonchev–Trinajstić information content (AvgIpc) is 2.10. The molecule has 0 aromatic heterocycles. The zero-order chi connectivity index (χ0) is 10.3. The highest BCUT2D eigenvalue weighted by Crippen LogP contribution is 1.95. The zero-order valence-corrected chi connectivity index (χ0v) is 7.12. The number of azide groups is 1. The lowest BCUT2D eigenvalue weighted by Crippen LogP contribution is -2.32. The van der Waals surface area contributed by atoms with Gasteiger partial charge in [0.15, 0.2) is 0 Å². The van der Waals surface area contributed by atoms with E-state index in [0.29, 0.717) is 0 Å². The highest BCUT2D eigenvalue weighted by Gasteiger charge is 2.19. The van der Waals surface area contributed by atoms with E-state index in [1.165, 1.54) is 6.92 Å². The van der Waals surface area contributed by atoms with E-state index in [4.69, 9.17) is 20.5 Å². The first-order chi connectivity index (χ1) is 6.09. The van der Waals surface area contributed by atoms with Crippen molar-refractivity contribution in [1.82, 2.24) is 0 Å². The molecule has 0 aliphatic heterocycles. The number of ketones is 1. The number of hydrogen-bond acceptors (Lipinski definition) is 5. The molecule has 1 atom stereocenters. The van der Waals surface area contributed by atoms with Gasteiger partial charge in [0.05, 0.1) is 6.61 Å². The first kappa shape index (κ1) is 11.9. The van der Waals surface area contributed by atoms with E-state index >= 15 is 0 Å². The van der Waals surface area contributed by atoms with Crippen molar-refractivity contribution in [1.29, 1.82) is 0 Å². The van der Waals surface area contributed by atoms with Gasteiger partial charge in [0.1, 0.15) is 6.10 Å². The topological polar surface area (TPSA) is 116 Å². The summed E-state index contributed by atoms with van der Waals surface area (Å²) in [6, 6.07) is 0. The van der Waals surface area contributed by atoms with Crippen molar-refractivity contribution in [2.75, 3.05) is 13.2 Å². The van der Waals surface area contributed by atoms with Gasteiger partial charge in [0.25, 0.3) is 0 Å². The molecule has 0 bridgehead atoms. The molecule has 0 aliphatic carbocycles. The van der Waals surface area contributed by atoms with Gasteiger partial charge in [-0.3, -0.25) is 4.79 Å². The van der Waals surface area contributed by atoms with Crippen LogP contribution in [0.2, 0.25) is 0 Å². The number of carbonyl (C=O) groups excluding carboxylic acids is 1. The van der Waals surface area contributed by atoms with Gasteiger partial charge in [-0.25, -0.2) is 0 Å². The number of ether oxygens (including phenoxy) is 1. The van der Waals surface area contributed by atoms with Crippen LogP contribution in [0.5, 0.6) is 0 Å². The second-order valence-electron chi connectivity index (χ2n) is 2.24. The van der Waals surface area contributed by atoms with Gasteiger partial charge in [-0.2, -0.15) is 0 Å². The van der Waals surface area contributed by atoms with Crippen LogP contribution in [0.15, 0.2) is 5.11 Å². The maximum Gasteiger partial charge on any atom is 0.216 e. The maximum absolute atomic E-state index is 10.8. The van der Waals surface area contributed by atoms with Crippen LogP contribution in [0.4, 0.5) is 0 Å². The number of aliphatic hydroxyl groups excluding tert-OH is 1. The standard InChI is InChI=1S/C6H11N3O4/c1-4(5(10)6(11)12)13-3-2-8-9-7/h4,6,11-12H,2-3H2,1H3. The predicted octanol–water partition coefficient (Wildman–Crippen LogP) is -0.418. The van der Waals surface area contributed by atoms with Crippen molar-refractivity contribution in [3.8, 4) is 0 Å². The number of carbonyl (C=O) groups is 1. The summed E-state index contributed by atoms with van der Waals surface area (Å²) in [7, 11) is 0. The van der Waals surface area contributed by atoms with Gasteiger partial charge < -0.3 is 14.9 Å². The minimum absolute atomic E-state index is 0.0731. The summed E-state index contributed by atoms with van der Waals surface area (Å²) >= 11 is 0. The molecule has 7 heteroatoms. The number of hydrogen-bond donors (Lipinski definition) is 2. The number of aliphatic hydroxyl groups is 2. The van der Waals surface area contributed by atoms with Crippen molar-refractivity contribution < 1.29 is 19.7 Å². The fourth-order valence-corrected chi connectivity index (χ4v) is 0.607. The van der Waals surface area contributed by atoms with Gasteiger partial charge in [-0.05, 0) is 12.5 Å². The van der Waals surface area contributed by atoms with Crippen molar-refractivity contribution in [3.05, 3.63) is 10.4 Å².